The first kappa shape index (κ1) is 45.8. The van der Waals surface area contributed by atoms with E-state index >= 15 is 0 Å². The molecule has 0 radical (unpaired) electrons. The van der Waals surface area contributed by atoms with E-state index in [0.717, 1.165) is 61.3 Å². The molecule has 0 aromatic heterocycles. The van der Waals surface area contributed by atoms with Crippen LogP contribution in [0.1, 0.15) is 153 Å². The average molecular weight is 721 g/mol. The Balaban J connectivity index is 1.65. The van der Waals surface area contributed by atoms with Crippen LogP contribution in [0.5, 0.6) is 0 Å². The van der Waals surface area contributed by atoms with Gasteiger partial charge in [0, 0.05) is 12.8 Å². The molecule has 0 unspecified atom stereocenters. The zero-order valence-corrected chi connectivity index (χ0v) is 33.9. The molecule has 0 bridgehead atoms. The number of carbonyl (C=O) groups excluding carboxylic acids is 2. The first-order chi connectivity index (χ1) is 25.4. The lowest BCUT2D eigenvalue weighted by atomic mass is 9.96. The predicted molar refractivity (Wildman–Crippen MR) is 220 cm³/mol. The van der Waals surface area contributed by atoms with Crippen LogP contribution < -0.4 is 0 Å². The lowest BCUT2D eigenvalue weighted by molar-refractivity contribution is -0.124. The van der Waals surface area contributed by atoms with Gasteiger partial charge in [-0.3, -0.25) is 9.59 Å². The Kier molecular flexibility index (Phi) is 27.3. The SMILES string of the molecule is CCCCCCCCCCN(C)CCCC(=O)COCc1ccccc1-c1ccccc1COCC(=O)CCCN(C)CCCCCCCCCC. The second-order valence-corrected chi connectivity index (χ2v) is 15.1. The summed E-state index contributed by atoms with van der Waals surface area (Å²) < 4.78 is 11.9. The quantitative estimate of drug-likeness (QED) is 0.0661. The maximum atomic E-state index is 12.6. The van der Waals surface area contributed by atoms with E-state index in [9.17, 15) is 9.59 Å². The molecular weight excluding hydrogens is 645 g/mol. The van der Waals surface area contributed by atoms with Crippen LogP contribution in [0.2, 0.25) is 0 Å². The van der Waals surface area contributed by atoms with Crippen LogP contribution in [0.4, 0.5) is 0 Å². The van der Waals surface area contributed by atoms with Crippen molar-refractivity contribution in [3.8, 4) is 11.1 Å². The van der Waals surface area contributed by atoms with Crippen LogP contribution in [-0.4, -0.2) is 74.9 Å². The van der Waals surface area contributed by atoms with Crippen LogP contribution >= 0.6 is 0 Å². The smallest absolute Gasteiger partial charge is 0.158 e. The first-order valence-electron chi connectivity index (χ1n) is 21.2. The molecule has 0 amide bonds. The summed E-state index contributed by atoms with van der Waals surface area (Å²) in [6.07, 6.45) is 24.2. The van der Waals surface area contributed by atoms with Crippen LogP contribution in [0.3, 0.4) is 0 Å². The fourth-order valence-electron chi connectivity index (χ4n) is 6.86. The zero-order chi connectivity index (χ0) is 37.5. The summed E-state index contributed by atoms with van der Waals surface area (Å²) >= 11 is 0. The van der Waals surface area contributed by atoms with Gasteiger partial charge in [0.2, 0.25) is 0 Å². The normalized spacial score (nSPS) is 11.6. The number of nitrogens with zero attached hydrogens (tertiary/aromatic N) is 2. The molecule has 6 heteroatoms. The van der Waals surface area contributed by atoms with Crippen molar-refractivity contribution in [2.45, 2.75) is 155 Å². The van der Waals surface area contributed by atoms with E-state index in [0.29, 0.717) is 26.1 Å². The first-order valence-corrected chi connectivity index (χ1v) is 21.2. The molecule has 0 aliphatic rings. The maximum Gasteiger partial charge on any atom is 0.158 e. The van der Waals surface area contributed by atoms with Gasteiger partial charge in [0.25, 0.3) is 0 Å². The number of rotatable bonds is 35. The maximum absolute atomic E-state index is 12.6. The number of carbonyl (C=O) groups is 2. The second-order valence-electron chi connectivity index (χ2n) is 15.1. The second kappa shape index (κ2) is 31.0. The predicted octanol–water partition coefficient (Wildman–Crippen LogP) is 11.2. The van der Waals surface area contributed by atoms with E-state index in [1.54, 1.807) is 0 Å². The fraction of sp³-hybridized carbons (Fsp3) is 0.696. The van der Waals surface area contributed by atoms with E-state index in [-0.39, 0.29) is 24.8 Å². The van der Waals surface area contributed by atoms with E-state index in [4.69, 9.17) is 9.47 Å². The minimum Gasteiger partial charge on any atom is -0.369 e. The highest BCUT2D eigenvalue weighted by molar-refractivity contribution is 5.80. The van der Waals surface area contributed by atoms with Crippen LogP contribution in [0, 0.1) is 0 Å². The molecule has 0 saturated heterocycles. The van der Waals surface area contributed by atoms with E-state index in [1.165, 1.54) is 103 Å². The van der Waals surface area contributed by atoms with Gasteiger partial charge >= 0.3 is 0 Å². The Morgan fingerprint density at radius 3 is 1.17 bits per heavy atom. The standard InChI is InChI=1S/C46H76N2O4/c1-5-7-9-11-13-15-17-23-33-47(3)35-25-29-43(49)39-51-37-41-27-19-21-31-45(41)46-32-22-20-28-42(46)38-52-40-44(50)30-26-36-48(4)34-24-18-16-14-12-10-8-6-2/h19-22,27-28,31-32H,5-18,23-26,29-30,33-40H2,1-4H3. The van der Waals surface area contributed by atoms with Gasteiger partial charge in [-0.2, -0.15) is 0 Å². The third-order valence-electron chi connectivity index (χ3n) is 10.1. The average Bonchev–Trinajstić information content (AvgIpc) is 3.14. The number of ether oxygens (including phenoxy) is 2. The summed E-state index contributed by atoms with van der Waals surface area (Å²) in [6.45, 7) is 9.67. The topological polar surface area (TPSA) is 59.1 Å². The van der Waals surface area contributed by atoms with Crippen molar-refractivity contribution < 1.29 is 19.1 Å². The van der Waals surface area contributed by atoms with Gasteiger partial charge in [-0.1, -0.05) is 152 Å². The number of Topliss-reactive ketones (excluding diaryl/α,β-unsaturated/α-hetero) is 2. The highest BCUT2D eigenvalue weighted by Crippen LogP contribution is 2.28. The summed E-state index contributed by atoms with van der Waals surface area (Å²) in [5, 5.41) is 0. The summed E-state index contributed by atoms with van der Waals surface area (Å²) in [6, 6.07) is 16.4. The van der Waals surface area contributed by atoms with Crippen molar-refractivity contribution in [3.05, 3.63) is 59.7 Å². The summed E-state index contributed by atoms with van der Waals surface area (Å²) in [5.41, 5.74) is 4.23. The van der Waals surface area contributed by atoms with Crippen LogP contribution in [0.25, 0.3) is 11.1 Å². The Hall–Kier alpha value is -2.38. The lowest BCUT2D eigenvalue weighted by Gasteiger charge is -2.16. The molecule has 0 fully saturated rings. The molecule has 0 heterocycles. The van der Waals surface area contributed by atoms with Gasteiger partial charge in [0.15, 0.2) is 11.6 Å². The van der Waals surface area contributed by atoms with Crippen molar-refractivity contribution in [1.29, 1.82) is 0 Å². The van der Waals surface area contributed by atoms with Gasteiger partial charge in [-0.25, -0.2) is 0 Å². The Labute approximate surface area is 319 Å². The molecule has 0 spiro atoms. The Bertz CT molecular complexity index is 1090. The van der Waals surface area contributed by atoms with Crippen LogP contribution in [0.15, 0.2) is 48.5 Å². The molecule has 0 N–H and O–H groups in total. The molecule has 0 saturated carbocycles. The highest BCUT2D eigenvalue weighted by Gasteiger charge is 2.12. The molecule has 0 atom stereocenters. The number of benzene rings is 2. The number of unbranched alkanes of at least 4 members (excludes halogenated alkanes) is 14. The van der Waals surface area contributed by atoms with E-state index in [2.05, 4.69) is 62.0 Å². The lowest BCUT2D eigenvalue weighted by Crippen LogP contribution is -2.22. The minimum absolute atomic E-state index is 0.137. The molecule has 2 aromatic carbocycles. The van der Waals surface area contributed by atoms with Crippen molar-refractivity contribution in [3.63, 3.8) is 0 Å². The molecule has 2 aromatic rings. The van der Waals surface area contributed by atoms with E-state index in [1.807, 2.05) is 24.3 Å². The number of hydrogen-bond donors (Lipinski definition) is 0. The van der Waals surface area contributed by atoms with Gasteiger partial charge < -0.3 is 19.3 Å². The highest BCUT2D eigenvalue weighted by atomic mass is 16.5. The molecule has 0 aliphatic heterocycles. The van der Waals surface area contributed by atoms with E-state index < -0.39 is 0 Å². The van der Waals surface area contributed by atoms with Crippen LogP contribution in [-0.2, 0) is 32.3 Å². The molecule has 6 nitrogen and oxygen atoms in total. The Morgan fingerprint density at radius 1 is 0.462 bits per heavy atom. The van der Waals surface area contributed by atoms with Crippen molar-refractivity contribution in [1.82, 2.24) is 9.80 Å². The van der Waals surface area contributed by atoms with Gasteiger partial charge in [0.05, 0.1) is 13.2 Å². The molecule has 52 heavy (non-hydrogen) atoms. The minimum atomic E-state index is 0.137. The fourth-order valence-corrected chi connectivity index (χ4v) is 6.86. The third kappa shape index (κ3) is 22.6. The summed E-state index contributed by atoms with van der Waals surface area (Å²) in [4.78, 5) is 29.9. The number of ketones is 2. The number of hydrogen-bond acceptors (Lipinski definition) is 6. The zero-order valence-electron chi connectivity index (χ0n) is 33.9. The molecule has 0 aliphatic carbocycles. The van der Waals surface area contributed by atoms with Crippen molar-refractivity contribution in [2.75, 3.05) is 53.5 Å². The summed E-state index contributed by atoms with van der Waals surface area (Å²) in [5.74, 6) is 0.318. The largest absolute Gasteiger partial charge is 0.369 e. The molecule has 2 rings (SSSR count). The molecular formula is C46H76N2O4. The molecule has 294 valence electrons. The third-order valence-corrected chi connectivity index (χ3v) is 10.1. The van der Waals surface area contributed by atoms with Gasteiger partial charge in [0.1, 0.15) is 13.2 Å². The monoisotopic (exact) mass is 721 g/mol. The van der Waals surface area contributed by atoms with Gasteiger partial charge in [-0.05, 0) is 88.2 Å². The van der Waals surface area contributed by atoms with Crippen molar-refractivity contribution >= 4 is 11.6 Å². The van der Waals surface area contributed by atoms with Gasteiger partial charge in [-0.15, -0.1) is 0 Å². The Morgan fingerprint density at radius 2 is 0.788 bits per heavy atom. The summed E-state index contributed by atoms with van der Waals surface area (Å²) in [7, 11) is 4.33. The van der Waals surface area contributed by atoms with Crippen molar-refractivity contribution in [2.24, 2.45) is 0 Å².